The van der Waals surface area contributed by atoms with Gasteiger partial charge in [0.1, 0.15) is 11.6 Å². The maximum atomic E-state index is 13.8. The summed E-state index contributed by atoms with van der Waals surface area (Å²) in [5.41, 5.74) is 2.29. The Morgan fingerprint density at radius 1 is 1.22 bits per heavy atom. The van der Waals surface area contributed by atoms with E-state index >= 15 is 0 Å². The highest BCUT2D eigenvalue weighted by Crippen LogP contribution is 2.56. The van der Waals surface area contributed by atoms with Crippen molar-refractivity contribution in [1.82, 2.24) is 29.5 Å². The van der Waals surface area contributed by atoms with E-state index < -0.39 is 5.82 Å². The first-order valence-corrected chi connectivity index (χ1v) is 12.7. The predicted molar refractivity (Wildman–Crippen MR) is 137 cm³/mol. The second-order valence-electron chi connectivity index (χ2n) is 10.7. The summed E-state index contributed by atoms with van der Waals surface area (Å²) in [6.45, 7) is 3.18. The number of ether oxygens (including phenoxy) is 1. The lowest BCUT2D eigenvalue weighted by Crippen LogP contribution is -2.62. The molecule has 9 nitrogen and oxygen atoms in total. The Labute approximate surface area is 219 Å². The van der Waals surface area contributed by atoms with Gasteiger partial charge in [-0.15, -0.1) is 10.2 Å². The van der Waals surface area contributed by atoms with Crippen molar-refractivity contribution in [3.8, 4) is 11.4 Å². The van der Waals surface area contributed by atoms with Crippen LogP contribution in [0.2, 0.25) is 5.02 Å². The Morgan fingerprint density at radius 3 is 2.73 bits per heavy atom. The van der Waals surface area contributed by atoms with E-state index in [1.165, 1.54) is 13.3 Å². The van der Waals surface area contributed by atoms with Crippen molar-refractivity contribution >= 4 is 23.3 Å². The largest absolute Gasteiger partial charge is 0.493 e. The van der Waals surface area contributed by atoms with Crippen molar-refractivity contribution < 1.29 is 13.9 Å². The van der Waals surface area contributed by atoms with E-state index in [-0.39, 0.29) is 23.0 Å². The van der Waals surface area contributed by atoms with Gasteiger partial charge in [0, 0.05) is 56.2 Å². The highest BCUT2D eigenvalue weighted by atomic mass is 35.5. The van der Waals surface area contributed by atoms with Gasteiger partial charge in [0.15, 0.2) is 17.4 Å². The number of rotatable bonds is 5. The van der Waals surface area contributed by atoms with Crippen LogP contribution in [0.5, 0.6) is 5.75 Å². The first-order chi connectivity index (χ1) is 17.7. The van der Waals surface area contributed by atoms with Gasteiger partial charge >= 0.3 is 0 Å². The molecule has 2 fully saturated rings. The van der Waals surface area contributed by atoms with Gasteiger partial charge in [0.2, 0.25) is 5.91 Å². The molecular weight excluding hydrogens is 497 g/mol. The minimum Gasteiger partial charge on any atom is -0.493 e. The molecule has 0 atom stereocenters. The summed E-state index contributed by atoms with van der Waals surface area (Å²) in [4.78, 5) is 22.6. The summed E-state index contributed by atoms with van der Waals surface area (Å²) < 4.78 is 21.0. The molecule has 6 rings (SSSR count). The van der Waals surface area contributed by atoms with Crippen molar-refractivity contribution in [3.63, 3.8) is 0 Å². The Morgan fingerprint density at radius 2 is 2.00 bits per heavy atom. The molecule has 1 aliphatic carbocycles. The average molecular weight is 526 g/mol. The third kappa shape index (κ3) is 4.21. The minimum atomic E-state index is -0.455. The molecule has 0 radical (unpaired) electrons. The summed E-state index contributed by atoms with van der Waals surface area (Å²) in [6, 6.07) is 7.55. The smallest absolute Gasteiger partial charge is 0.236 e. The number of fused-ring (bicyclic) bond motifs is 3. The Kier molecular flexibility index (Phi) is 5.83. The lowest BCUT2D eigenvalue weighted by Gasteiger charge is -2.59. The van der Waals surface area contributed by atoms with Crippen molar-refractivity contribution in [1.29, 1.82) is 0 Å². The molecule has 4 heterocycles. The maximum Gasteiger partial charge on any atom is 0.236 e. The number of benzene rings is 1. The van der Waals surface area contributed by atoms with Crippen LogP contribution >= 0.6 is 11.6 Å². The zero-order valence-electron chi connectivity index (χ0n) is 21.1. The number of halogens is 2. The number of likely N-dealkylation sites (N-methyl/N-ethyl adjacent to an activating group) is 1. The van der Waals surface area contributed by atoms with Crippen molar-refractivity contribution in [3.05, 3.63) is 58.5 Å². The van der Waals surface area contributed by atoms with Crippen LogP contribution in [-0.2, 0) is 17.9 Å². The number of methoxy groups -OCH3 is 1. The van der Waals surface area contributed by atoms with Crippen LogP contribution in [0.1, 0.15) is 36.0 Å². The lowest BCUT2D eigenvalue weighted by molar-refractivity contribution is -0.130. The topological polar surface area (TPSA) is 79.6 Å². The Hall–Kier alpha value is -3.24. The molecule has 1 saturated carbocycles. The fourth-order valence-corrected chi connectivity index (χ4v) is 6.09. The number of nitrogens with zero attached hydrogens (tertiary/aromatic N) is 7. The summed E-state index contributed by atoms with van der Waals surface area (Å²) in [5.74, 6) is 2.62. The Bertz CT molecular complexity index is 1360. The first-order valence-electron chi connectivity index (χ1n) is 12.4. The van der Waals surface area contributed by atoms with E-state index in [2.05, 4.69) is 29.5 Å². The number of carbonyl (C=O) groups is 1. The molecule has 0 unspecified atom stereocenters. The van der Waals surface area contributed by atoms with Crippen LogP contribution in [0.4, 0.5) is 10.2 Å². The molecule has 11 heteroatoms. The van der Waals surface area contributed by atoms with E-state index in [1.54, 1.807) is 25.1 Å². The maximum absolute atomic E-state index is 13.8. The fraction of sp³-hybridized carbons (Fsp3) is 0.462. The number of pyridine rings is 1. The minimum absolute atomic E-state index is 0.0421. The predicted octanol–water partition coefficient (Wildman–Crippen LogP) is 3.25. The van der Waals surface area contributed by atoms with Gasteiger partial charge in [-0.1, -0.05) is 11.6 Å². The molecule has 0 N–H and O–H groups in total. The van der Waals surface area contributed by atoms with Crippen LogP contribution in [0.15, 0.2) is 30.5 Å². The van der Waals surface area contributed by atoms with Crippen molar-refractivity contribution in [2.75, 3.05) is 45.7 Å². The molecule has 37 heavy (non-hydrogen) atoms. The van der Waals surface area contributed by atoms with Gasteiger partial charge < -0.3 is 14.5 Å². The van der Waals surface area contributed by atoms with E-state index in [1.807, 2.05) is 18.2 Å². The molecule has 1 amide bonds. The number of hydrogen-bond acceptors (Lipinski definition) is 7. The van der Waals surface area contributed by atoms with E-state index in [0.717, 1.165) is 54.6 Å². The monoisotopic (exact) mass is 525 g/mol. The van der Waals surface area contributed by atoms with Crippen molar-refractivity contribution in [2.24, 2.45) is 5.41 Å². The molecule has 2 aromatic heterocycles. The molecule has 3 aliphatic rings. The summed E-state index contributed by atoms with van der Waals surface area (Å²) in [6.07, 6.45) is 3.23. The fourth-order valence-electron chi connectivity index (χ4n) is 5.89. The second-order valence-corrected chi connectivity index (χ2v) is 11.1. The van der Waals surface area contributed by atoms with Crippen LogP contribution in [0.3, 0.4) is 0 Å². The molecule has 1 aromatic carbocycles. The van der Waals surface area contributed by atoms with Gasteiger partial charge in [-0.2, -0.15) is 0 Å². The van der Waals surface area contributed by atoms with Crippen LogP contribution in [-0.4, -0.2) is 76.3 Å². The number of carbonyl (C=O) groups excluding carboxylic acids is 1. The quantitative estimate of drug-likeness (QED) is 0.506. The molecular formula is C26H29ClFN7O2. The molecule has 1 saturated heterocycles. The van der Waals surface area contributed by atoms with Crippen molar-refractivity contribution in [2.45, 2.75) is 31.8 Å². The SMILES string of the molecule is COc1cc(N2CC3(CC(c4nnc5n4-c4ccc(Cl)cc4CN(CC(=O)N(C)C)C5)C3)C2)ncc1F. The number of anilines is 1. The molecule has 194 valence electrons. The summed E-state index contributed by atoms with van der Waals surface area (Å²) in [5, 5.41) is 9.87. The normalized spacial score (nSPS) is 18.5. The average Bonchev–Trinajstić information content (AvgIpc) is 3.14. The van der Waals surface area contributed by atoms with Crippen LogP contribution < -0.4 is 9.64 Å². The zero-order chi connectivity index (χ0) is 25.9. The number of amides is 1. The highest BCUT2D eigenvalue weighted by Gasteiger charge is 2.54. The molecule has 1 spiro atoms. The van der Waals surface area contributed by atoms with Gasteiger partial charge in [0.25, 0.3) is 0 Å². The highest BCUT2D eigenvalue weighted by molar-refractivity contribution is 6.30. The second kappa shape index (κ2) is 8.95. The molecule has 3 aromatic rings. The third-order valence-electron chi connectivity index (χ3n) is 7.78. The van der Waals surface area contributed by atoms with Gasteiger partial charge in [-0.25, -0.2) is 9.37 Å². The standard InChI is InChI=1S/C26H29ClFN7O2/c1-32(2)24(36)13-33-11-16-6-18(27)4-5-20(16)35-23(12-33)30-31-25(35)17-8-26(9-17)14-34(15-26)22-7-21(37-3)19(28)10-29-22/h4-7,10,17H,8-9,11-15H2,1-3H3. The van der Waals surface area contributed by atoms with Crippen LogP contribution in [0.25, 0.3) is 5.69 Å². The van der Waals surface area contributed by atoms with E-state index in [0.29, 0.717) is 24.7 Å². The summed E-state index contributed by atoms with van der Waals surface area (Å²) in [7, 11) is 4.99. The summed E-state index contributed by atoms with van der Waals surface area (Å²) >= 11 is 6.36. The van der Waals surface area contributed by atoms with Gasteiger partial charge in [0.05, 0.1) is 32.1 Å². The van der Waals surface area contributed by atoms with Gasteiger partial charge in [-0.3, -0.25) is 14.3 Å². The number of aromatic nitrogens is 4. The van der Waals surface area contributed by atoms with Gasteiger partial charge in [-0.05, 0) is 36.6 Å². The molecule has 0 bridgehead atoms. The Balaban J connectivity index is 1.21. The lowest BCUT2D eigenvalue weighted by atomic mass is 9.57. The third-order valence-corrected chi connectivity index (χ3v) is 8.02. The first kappa shape index (κ1) is 24.1. The van der Waals surface area contributed by atoms with E-state index in [9.17, 15) is 9.18 Å². The number of hydrogen-bond donors (Lipinski definition) is 0. The van der Waals surface area contributed by atoms with Crippen LogP contribution in [0, 0.1) is 11.2 Å². The zero-order valence-corrected chi connectivity index (χ0v) is 21.9. The molecule has 2 aliphatic heterocycles. The van der Waals surface area contributed by atoms with E-state index in [4.69, 9.17) is 16.3 Å².